The van der Waals surface area contributed by atoms with Crippen LogP contribution in [0.1, 0.15) is 26.2 Å². The lowest BCUT2D eigenvalue weighted by atomic mass is 10.2. The van der Waals surface area contributed by atoms with Gasteiger partial charge in [-0.3, -0.25) is 24.1 Å². The first kappa shape index (κ1) is 17.0. The number of hydrogen-bond acceptors (Lipinski definition) is 4. The molecular formula is C15H16ClN3O4. The molecule has 122 valence electrons. The summed E-state index contributed by atoms with van der Waals surface area (Å²) in [5.74, 6) is -1.07. The fraction of sp³-hybridized carbons (Fsp3) is 0.333. The zero-order chi connectivity index (χ0) is 17.0. The van der Waals surface area contributed by atoms with Gasteiger partial charge in [0.1, 0.15) is 0 Å². The fourth-order valence-corrected chi connectivity index (χ4v) is 2.42. The normalized spacial score (nSPS) is 14.1. The summed E-state index contributed by atoms with van der Waals surface area (Å²) in [6, 6.07) is 4.69. The van der Waals surface area contributed by atoms with Crippen LogP contribution in [0, 0.1) is 0 Å². The van der Waals surface area contributed by atoms with Crippen molar-refractivity contribution >= 4 is 46.6 Å². The Morgan fingerprint density at radius 2 is 1.83 bits per heavy atom. The van der Waals surface area contributed by atoms with Crippen molar-refractivity contribution in [1.82, 2.24) is 4.90 Å². The zero-order valence-corrected chi connectivity index (χ0v) is 13.3. The monoisotopic (exact) mass is 337 g/mol. The summed E-state index contributed by atoms with van der Waals surface area (Å²) < 4.78 is 0. The molecule has 0 radical (unpaired) electrons. The van der Waals surface area contributed by atoms with Crippen LogP contribution >= 0.6 is 11.6 Å². The number of amides is 4. The van der Waals surface area contributed by atoms with Gasteiger partial charge in [-0.25, -0.2) is 0 Å². The van der Waals surface area contributed by atoms with Crippen molar-refractivity contribution in [3.8, 4) is 0 Å². The van der Waals surface area contributed by atoms with Gasteiger partial charge in [-0.15, -0.1) is 0 Å². The SMILES string of the molecule is CC(=O)Nc1ccc(NC(=O)CCN2C(=O)CCC2=O)cc1Cl. The molecule has 4 amide bonds. The van der Waals surface area contributed by atoms with Crippen LogP contribution in [0.15, 0.2) is 18.2 Å². The van der Waals surface area contributed by atoms with Crippen LogP contribution in [0.4, 0.5) is 11.4 Å². The highest BCUT2D eigenvalue weighted by atomic mass is 35.5. The Bertz CT molecular complexity index is 659. The van der Waals surface area contributed by atoms with E-state index in [2.05, 4.69) is 10.6 Å². The van der Waals surface area contributed by atoms with Gasteiger partial charge in [0, 0.05) is 38.4 Å². The molecule has 1 aliphatic rings. The highest BCUT2D eigenvalue weighted by molar-refractivity contribution is 6.34. The van der Waals surface area contributed by atoms with Gasteiger partial charge in [0.25, 0.3) is 0 Å². The predicted octanol–water partition coefficient (Wildman–Crippen LogP) is 1.78. The van der Waals surface area contributed by atoms with Crippen LogP contribution in [0.2, 0.25) is 5.02 Å². The second-order valence-corrected chi connectivity index (χ2v) is 5.52. The van der Waals surface area contributed by atoms with Crippen molar-refractivity contribution in [2.75, 3.05) is 17.2 Å². The van der Waals surface area contributed by atoms with E-state index in [0.29, 0.717) is 16.4 Å². The number of likely N-dealkylation sites (tertiary alicyclic amines) is 1. The third kappa shape index (κ3) is 4.53. The number of nitrogens with one attached hydrogen (secondary N) is 2. The summed E-state index contributed by atoms with van der Waals surface area (Å²) in [6.07, 6.45) is 0.434. The maximum absolute atomic E-state index is 11.9. The molecule has 23 heavy (non-hydrogen) atoms. The minimum absolute atomic E-state index is 0.0164. The predicted molar refractivity (Wildman–Crippen MR) is 85.0 cm³/mol. The molecule has 1 saturated heterocycles. The van der Waals surface area contributed by atoms with E-state index in [-0.39, 0.29) is 49.4 Å². The van der Waals surface area contributed by atoms with Crippen molar-refractivity contribution in [3.63, 3.8) is 0 Å². The van der Waals surface area contributed by atoms with Crippen LogP contribution in [-0.4, -0.2) is 35.1 Å². The summed E-state index contributed by atoms with van der Waals surface area (Å²) in [5.41, 5.74) is 0.915. The van der Waals surface area contributed by atoms with Crippen LogP contribution in [0.3, 0.4) is 0 Å². The van der Waals surface area contributed by atoms with Crippen molar-refractivity contribution in [1.29, 1.82) is 0 Å². The second kappa shape index (κ2) is 7.23. The van der Waals surface area contributed by atoms with E-state index in [4.69, 9.17) is 11.6 Å². The van der Waals surface area contributed by atoms with Crippen LogP contribution in [0.25, 0.3) is 0 Å². The van der Waals surface area contributed by atoms with Gasteiger partial charge in [-0.05, 0) is 18.2 Å². The second-order valence-electron chi connectivity index (χ2n) is 5.11. The molecule has 0 bridgehead atoms. The van der Waals surface area contributed by atoms with Gasteiger partial charge in [0.2, 0.25) is 23.6 Å². The number of imide groups is 1. The smallest absolute Gasteiger partial charge is 0.229 e. The lowest BCUT2D eigenvalue weighted by molar-refractivity contribution is -0.138. The maximum atomic E-state index is 11.9. The number of hydrogen-bond donors (Lipinski definition) is 2. The minimum atomic E-state index is -0.333. The molecule has 0 aliphatic carbocycles. The van der Waals surface area contributed by atoms with Crippen LogP contribution < -0.4 is 10.6 Å². The molecule has 1 fully saturated rings. The molecule has 7 nitrogen and oxygen atoms in total. The molecule has 0 saturated carbocycles. The highest BCUT2D eigenvalue weighted by Gasteiger charge is 2.28. The molecule has 0 spiro atoms. The molecular weight excluding hydrogens is 322 g/mol. The van der Waals surface area contributed by atoms with Gasteiger partial charge in [0.15, 0.2) is 0 Å². The Balaban J connectivity index is 1.90. The molecule has 0 aromatic heterocycles. The lowest BCUT2D eigenvalue weighted by Gasteiger charge is -2.13. The Labute approximate surface area is 138 Å². The van der Waals surface area contributed by atoms with E-state index in [1.165, 1.54) is 13.0 Å². The van der Waals surface area contributed by atoms with Gasteiger partial charge >= 0.3 is 0 Å². The largest absolute Gasteiger partial charge is 0.326 e. The number of halogens is 1. The van der Waals surface area contributed by atoms with Crippen molar-refractivity contribution in [2.24, 2.45) is 0 Å². The molecule has 1 aromatic carbocycles. The van der Waals surface area contributed by atoms with Gasteiger partial charge < -0.3 is 10.6 Å². The van der Waals surface area contributed by atoms with E-state index in [0.717, 1.165) is 4.90 Å². The van der Waals surface area contributed by atoms with Gasteiger partial charge in [0.05, 0.1) is 10.7 Å². The Kier molecular flexibility index (Phi) is 5.33. The first-order valence-corrected chi connectivity index (χ1v) is 7.45. The highest BCUT2D eigenvalue weighted by Crippen LogP contribution is 2.25. The van der Waals surface area contributed by atoms with Crippen molar-refractivity contribution in [3.05, 3.63) is 23.2 Å². The number of benzene rings is 1. The maximum Gasteiger partial charge on any atom is 0.229 e. The Morgan fingerprint density at radius 3 is 2.39 bits per heavy atom. The van der Waals surface area contributed by atoms with E-state index in [1.807, 2.05) is 0 Å². The Hall–Kier alpha value is -2.41. The summed E-state index contributed by atoms with van der Waals surface area (Å²) in [4.78, 5) is 46.9. The third-order valence-corrected chi connectivity index (χ3v) is 3.59. The number of carbonyl (C=O) groups is 4. The standard InChI is InChI=1S/C15H16ClN3O4/c1-9(20)17-12-3-2-10(8-11(12)16)18-13(21)6-7-19-14(22)4-5-15(19)23/h2-3,8H,4-7H2,1H3,(H,17,20)(H,18,21). The first-order valence-electron chi connectivity index (χ1n) is 7.07. The quantitative estimate of drug-likeness (QED) is 0.800. The number of carbonyl (C=O) groups excluding carboxylic acids is 4. The molecule has 2 N–H and O–H groups in total. The lowest BCUT2D eigenvalue weighted by Crippen LogP contribution is -2.32. The van der Waals surface area contributed by atoms with E-state index >= 15 is 0 Å². The zero-order valence-electron chi connectivity index (χ0n) is 12.5. The minimum Gasteiger partial charge on any atom is -0.326 e. The molecule has 1 aromatic rings. The van der Waals surface area contributed by atoms with Crippen molar-refractivity contribution in [2.45, 2.75) is 26.2 Å². The molecule has 0 unspecified atom stereocenters. The van der Waals surface area contributed by atoms with E-state index < -0.39 is 0 Å². The topological polar surface area (TPSA) is 95.6 Å². The molecule has 8 heteroatoms. The van der Waals surface area contributed by atoms with Gasteiger partial charge in [-0.1, -0.05) is 11.6 Å². The summed E-state index contributed by atoms with van der Waals surface area (Å²) in [7, 11) is 0. The van der Waals surface area contributed by atoms with Gasteiger partial charge in [-0.2, -0.15) is 0 Å². The third-order valence-electron chi connectivity index (χ3n) is 3.28. The number of rotatable bonds is 5. The summed E-state index contributed by atoms with van der Waals surface area (Å²) in [6.45, 7) is 1.44. The molecule has 0 atom stereocenters. The summed E-state index contributed by atoms with van der Waals surface area (Å²) in [5, 5.41) is 5.49. The molecule has 1 heterocycles. The summed E-state index contributed by atoms with van der Waals surface area (Å²) >= 11 is 6.01. The first-order chi connectivity index (χ1) is 10.9. The fourth-order valence-electron chi connectivity index (χ4n) is 2.19. The number of anilines is 2. The molecule has 2 rings (SSSR count). The molecule has 1 aliphatic heterocycles. The van der Waals surface area contributed by atoms with E-state index in [9.17, 15) is 19.2 Å². The van der Waals surface area contributed by atoms with Crippen LogP contribution in [-0.2, 0) is 19.2 Å². The average Bonchev–Trinajstić information content (AvgIpc) is 2.78. The number of nitrogens with zero attached hydrogens (tertiary/aromatic N) is 1. The van der Waals surface area contributed by atoms with Crippen molar-refractivity contribution < 1.29 is 19.2 Å². The average molecular weight is 338 g/mol. The van der Waals surface area contributed by atoms with Crippen LogP contribution in [0.5, 0.6) is 0 Å². The van der Waals surface area contributed by atoms with E-state index in [1.54, 1.807) is 12.1 Å². The Morgan fingerprint density at radius 1 is 1.17 bits per heavy atom.